The van der Waals surface area contributed by atoms with E-state index in [0.717, 1.165) is 24.9 Å². The number of ether oxygens (including phenoxy) is 1. The van der Waals surface area contributed by atoms with Crippen molar-refractivity contribution in [2.45, 2.75) is 90.9 Å². The molecular formula is C33H57N5O4. The molecule has 238 valence electrons. The van der Waals surface area contributed by atoms with E-state index in [1.807, 2.05) is 88.8 Å². The summed E-state index contributed by atoms with van der Waals surface area (Å²) in [6.07, 6.45) is 1.96. The summed E-state index contributed by atoms with van der Waals surface area (Å²) in [4.78, 5) is 46.7. The number of hydrogen-bond acceptors (Lipinski definition) is 6. The molecule has 9 nitrogen and oxygen atoms in total. The summed E-state index contributed by atoms with van der Waals surface area (Å²) in [6, 6.07) is 8.65. The Morgan fingerprint density at radius 3 is 2.19 bits per heavy atom. The molecule has 1 aromatic carbocycles. The average molecular weight is 588 g/mol. The predicted molar refractivity (Wildman–Crippen MR) is 169 cm³/mol. The third kappa shape index (κ3) is 9.01. The van der Waals surface area contributed by atoms with Crippen LogP contribution >= 0.6 is 0 Å². The van der Waals surface area contributed by atoms with Crippen LogP contribution in [-0.4, -0.2) is 111 Å². The van der Waals surface area contributed by atoms with Crippen LogP contribution in [0.5, 0.6) is 0 Å². The SMILES string of the molecule is CN[C@H](C(=O)N[C@H](C(=O)N(C)[C@H](CN(C)CC(=O)N1CCC[C@H]1COC)C(C)C)C(C)(C)C)C(C)(C)c1ccccc1. The number of hydrogen-bond donors (Lipinski definition) is 2. The van der Waals surface area contributed by atoms with Gasteiger partial charge in [0.05, 0.1) is 25.2 Å². The molecule has 1 saturated heterocycles. The van der Waals surface area contributed by atoms with Crippen LogP contribution in [-0.2, 0) is 24.5 Å². The Balaban J connectivity index is 2.19. The van der Waals surface area contributed by atoms with Gasteiger partial charge in [-0.05, 0) is 43.8 Å². The van der Waals surface area contributed by atoms with Gasteiger partial charge in [-0.25, -0.2) is 0 Å². The Hall–Kier alpha value is -2.49. The number of nitrogens with zero attached hydrogens (tertiary/aromatic N) is 3. The third-order valence-corrected chi connectivity index (χ3v) is 8.77. The molecule has 4 atom stereocenters. The molecule has 0 spiro atoms. The molecule has 1 fully saturated rings. The van der Waals surface area contributed by atoms with Gasteiger partial charge >= 0.3 is 0 Å². The van der Waals surface area contributed by atoms with E-state index in [4.69, 9.17) is 4.74 Å². The first-order valence-corrected chi connectivity index (χ1v) is 15.3. The lowest BCUT2D eigenvalue weighted by molar-refractivity contribution is -0.142. The van der Waals surface area contributed by atoms with Crippen LogP contribution in [0.2, 0.25) is 0 Å². The highest BCUT2D eigenvalue weighted by molar-refractivity contribution is 5.91. The minimum absolute atomic E-state index is 0.0903. The molecule has 2 rings (SSSR count). The first-order chi connectivity index (χ1) is 19.6. The maximum absolute atomic E-state index is 14.1. The quantitative estimate of drug-likeness (QED) is 0.348. The number of carbonyl (C=O) groups excluding carboxylic acids is 3. The van der Waals surface area contributed by atoms with Gasteiger partial charge in [0.1, 0.15) is 6.04 Å². The van der Waals surface area contributed by atoms with Gasteiger partial charge in [0.2, 0.25) is 17.7 Å². The molecule has 1 aromatic rings. The van der Waals surface area contributed by atoms with Crippen molar-refractivity contribution in [3.8, 4) is 0 Å². The zero-order valence-corrected chi connectivity index (χ0v) is 28.0. The van der Waals surface area contributed by atoms with E-state index in [9.17, 15) is 14.4 Å². The van der Waals surface area contributed by atoms with E-state index < -0.39 is 22.9 Å². The summed E-state index contributed by atoms with van der Waals surface area (Å²) in [5.74, 6) is -0.121. The van der Waals surface area contributed by atoms with E-state index in [2.05, 4.69) is 24.5 Å². The zero-order chi connectivity index (χ0) is 31.8. The second-order valence-corrected chi connectivity index (χ2v) is 13.9. The second kappa shape index (κ2) is 15.3. The topological polar surface area (TPSA) is 94.2 Å². The average Bonchev–Trinajstić information content (AvgIpc) is 3.38. The molecule has 9 heteroatoms. The van der Waals surface area contributed by atoms with E-state index in [1.54, 1.807) is 19.1 Å². The fourth-order valence-electron chi connectivity index (χ4n) is 6.11. The van der Waals surface area contributed by atoms with Crippen LogP contribution in [0, 0.1) is 11.3 Å². The van der Waals surface area contributed by atoms with Crippen LogP contribution in [0.15, 0.2) is 30.3 Å². The van der Waals surface area contributed by atoms with Gasteiger partial charge < -0.3 is 25.2 Å². The lowest BCUT2D eigenvalue weighted by Crippen LogP contribution is -2.62. The summed E-state index contributed by atoms with van der Waals surface area (Å²) >= 11 is 0. The number of methoxy groups -OCH3 is 1. The number of likely N-dealkylation sites (N-methyl/N-ethyl adjacent to an activating group) is 3. The summed E-state index contributed by atoms with van der Waals surface area (Å²) < 4.78 is 5.32. The molecule has 0 unspecified atom stereocenters. The van der Waals surface area contributed by atoms with Gasteiger partial charge in [0.25, 0.3) is 0 Å². The maximum atomic E-state index is 14.1. The zero-order valence-electron chi connectivity index (χ0n) is 28.0. The minimum atomic E-state index is -0.731. The molecule has 3 amide bonds. The second-order valence-electron chi connectivity index (χ2n) is 13.9. The van der Waals surface area contributed by atoms with Gasteiger partial charge in [-0.2, -0.15) is 0 Å². The van der Waals surface area contributed by atoms with Crippen LogP contribution in [0.3, 0.4) is 0 Å². The van der Waals surface area contributed by atoms with Gasteiger partial charge in [-0.3, -0.25) is 19.3 Å². The summed E-state index contributed by atoms with van der Waals surface area (Å²) in [5.41, 5.74) is 0.00595. The lowest BCUT2D eigenvalue weighted by Gasteiger charge is -2.41. The van der Waals surface area contributed by atoms with Crippen LogP contribution in [0.25, 0.3) is 0 Å². The van der Waals surface area contributed by atoms with E-state index in [0.29, 0.717) is 13.2 Å². The van der Waals surface area contributed by atoms with E-state index in [1.165, 1.54) is 0 Å². The highest BCUT2D eigenvalue weighted by Gasteiger charge is 2.42. The Morgan fingerprint density at radius 2 is 1.67 bits per heavy atom. The van der Waals surface area contributed by atoms with Crippen molar-refractivity contribution in [3.05, 3.63) is 35.9 Å². The fraction of sp³-hybridized carbons (Fsp3) is 0.727. The van der Waals surface area contributed by atoms with E-state index in [-0.39, 0.29) is 42.3 Å². The van der Waals surface area contributed by atoms with Gasteiger partial charge in [-0.1, -0.05) is 78.8 Å². The molecule has 0 aliphatic carbocycles. The molecule has 1 aliphatic rings. The Morgan fingerprint density at radius 1 is 1.05 bits per heavy atom. The third-order valence-electron chi connectivity index (χ3n) is 8.77. The Bertz CT molecular complexity index is 1020. The number of likely N-dealkylation sites (tertiary alicyclic amines) is 1. The van der Waals surface area contributed by atoms with Crippen molar-refractivity contribution in [2.75, 3.05) is 54.5 Å². The smallest absolute Gasteiger partial charge is 0.245 e. The lowest BCUT2D eigenvalue weighted by atomic mass is 9.76. The molecule has 0 saturated carbocycles. The molecule has 1 heterocycles. The largest absolute Gasteiger partial charge is 0.383 e. The minimum Gasteiger partial charge on any atom is -0.383 e. The van der Waals surface area contributed by atoms with E-state index >= 15 is 0 Å². The molecule has 42 heavy (non-hydrogen) atoms. The summed E-state index contributed by atoms with van der Waals surface area (Å²) in [7, 11) is 7.19. The monoisotopic (exact) mass is 587 g/mol. The number of carbonyl (C=O) groups is 3. The van der Waals surface area contributed by atoms with Crippen molar-refractivity contribution >= 4 is 17.7 Å². The predicted octanol–water partition coefficient (Wildman–Crippen LogP) is 3.14. The highest BCUT2D eigenvalue weighted by atomic mass is 16.5. The van der Waals surface area contributed by atoms with Gasteiger partial charge in [0.15, 0.2) is 0 Å². The van der Waals surface area contributed by atoms with Crippen LogP contribution in [0.4, 0.5) is 0 Å². The summed E-state index contributed by atoms with van der Waals surface area (Å²) in [6.45, 7) is 16.3. The van der Waals surface area contributed by atoms with Crippen molar-refractivity contribution in [3.63, 3.8) is 0 Å². The van der Waals surface area contributed by atoms with Crippen molar-refractivity contribution < 1.29 is 19.1 Å². The fourth-order valence-corrected chi connectivity index (χ4v) is 6.11. The molecule has 0 bridgehead atoms. The van der Waals surface area contributed by atoms with Crippen molar-refractivity contribution in [1.29, 1.82) is 0 Å². The Labute approximate surface area is 254 Å². The number of rotatable bonds is 14. The number of nitrogens with one attached hydrogen (secondary N) is 2. The van der Waals surface area contributed by atoms with Crippen LogP contribution in [0.1, 0.15) is 66.9 Å². The number of amides is 3. The first-order valence-electron chi connectivity index (χ1n) is 15.3. The van der Waals surface area contributed by atoms with Crippen LogP contribution < -0.4 is 10.6 Å². The highest BCUT2D eigenvalue weighted by Crippen LogP contribution is 2.29. The molecule has 0 radical (unpaired) electrons. The molecule has 2 N–H and O–H groups in total. The maximum Gasteiger partial charge on any atom is 0.245 e. The summed E-state index contributed by atoms with van der Waals surface area (Å²) in [5, 5.41) is 6.32. The molecule has 1 aliphatic heterocycles. The van der Waals surface area contributed by atoms with Gasteiger partial charge in [-0.15, -0.1) is 0 Å². The first kappa shape index (κ1) is 35.7. The number of benzene rings is 1. The standard InChI is InChI=1S/C33H57N5O4/c1-23(2)26(20-36(9)21-27(39)38-19-15-18-25(38)22-42-11)37(10)31(41)29(32(3,4)5)35-30(40)28(34-8)33(6,7)24-16-13-12-14-17-24/h12-14,16-17,23,25-26,28-29,34H,15,18-22H2,1-11H3,(H,35,40)/t25-,26+,28+,29+/m0/s1. The normalized spacial score (nSPS) is 18.2. The van der Waals surface area contributed by atoms with Crippen molar-refractivity contribution in [1.82, 2.24) is 25.3 Å². The Kier molecular flexibility index (Phi) is 13.0. The van der Waals surface area contributed by atoms with Crippen molar-refractivity contribution in [2.24, 2.45) is 11.3 Å². The molecular weight excluding hydrogens is 530 g/mol. The van der Waals surface area contributed by atoms with Gasteiger partial charge in [0, 0.05) is 38.7 Å². The molecule has 0 aromatic heterocycles.